The number of hydrogen-bond acceptors (Lipinski definition) is 7. The van der Waals surface area contributed by atoms with Gasteiger partial charge in [0.1, 0.15) is 24.5 Å². The quantitative estimate of drug-likeness (QED) is 0.434. The first kappa shape index (κ1) is 23.5. The van der Waals surface area contributed by atoms with Crippen LogP contribution in [0.4, 0.5) is 4.79 Å². The number of phenols is 1. The van der Waals surface area contributed by atoms with E-state index in [4.69, 9.17) is 9.57 Å². The summed E-state index contributed by atoms with van der Waals surface area (Å²) in [7, 11) is 0. The van der Waals surface area contributed by atoms with Crippen LogP contribution in [-0.4, -0.2) is 41.6 Å². The van der Waals surface area contributed by atoms with E-state index >= 15 is 0 Å². The van der Waals surface area contributed by atoms with Crippen molar-refractivity contribution in [2.45, 2.75) is 32.1 Å². The van der Waals surface area contributed by atoms with Gasteiger partial charge in [0.2, 0.25) is 5.91 Å². The number of ether oxygens (including phenoxy) is 1. The summed E-state index contributed by atoms with van der Waals surface area (Å²) in [4.78, 5) is 30.6. The fourth-order valence-corrected chi connectivity index (χ4v) is 3.68. The molecule has 170 valence electrons. The maximum atomic E-state index is 12.9. The second kappa shape index (κ2) is 12.0. The van der Waals surface area contributed by atoms with E-state index in [9.17, 15) is 14.7 Å². The summed E-state index contributed by atoms with van der Waals surface area (Å²) >= 11 is 1.62. The van der Waals surface area contributed by atoms with Crippen molar-refractivity contribution in [1.82, 2.24) is 16.1 Å². The molecule has 0 aromatic heterocycles. The number of alkyl carbamates (subject to hydrolysis) is 1. The zero-order chi connectivity index (χ0) is 22.8. The molecule has 2 aromatic carbocycles. The number of hydrogen-bond donors (Lipinski definition) is 4. The molecule has 2 atom stereocenters. The van der Waals surface area contributed by atoms with Crippen molar-refractivity contribution in [2.75, 3.05) is 12.3 Å². The lowest BCUT2D eigenvalue weighted by Crippen LogP contribution is -2.49. The lowest BCUT2D eigenvalue weighted by Gasteiger charge is -2.19. The van der Waals surface area contributed by atoms with Gasteiger partial charge in [-0.3, -0.25) is 15.1 Å². The summed E-state index contributed by atoms with van der Waals surface area (Å²) < 4.78 is 5.27. The van der Waals surface area contributed by atoms with Gasteiger partial charge in [0.05, 0.1) is 11.6 Å². The van der Waals surface area contributed by atoms with Crippen molar-refractivity contribution in [3.05, 3.63) is 76.8 Å². The van der Waals surface area contributed by atoms with E-state index in [0.717, 1.165) is 21.9 Å². The number of carbonyl (C=O) groups is 2. The average molecular weight is 458 g/mol. The van der Waals surface area contributed by atoms with Crippen molar-refractivity contribution in [2.24, 2.45) is 0 Å². The van der Waals surface area contributed by atoms with Gasteiger partial charge in [0.25, 0.3) is 0 Å². The summed E-state index contributed by atoms with van der Waals surface area (Å²) in [5, 5.41) is 15.9. The fraction of sp³-hybridized carbons (Fsp3) is 0.304. The highest BCUT2D eigenvalue weighted by atomic mass is 32.2. The molecular formula is C23H27N3O5S. The highest BCUT2D eigenvalue weighted by molar-refractivity contribution is 8.02. The molecule has 1 aliphatic rings. The van der Waals surface area contributed by atoms with Crippen LogP contribution >= 0.6 is 11.8 Å². The topological polar surface area (TPSA) is 109 Å². The van der Waals surface area contributed by atoms with Crippen LogP contribution in [0.15, 0.2) is 65.7 Å². The minimum atomic E-state index is -0.856. The van der Waals surface area contributed by atoms with Gasteiger partial charge in [0, 0.05) is 6.42 Å². The van der Waals surface area contributed by atoms with Gasteiger partial charge in [-0.2, -0.15) is 0 Å². The van der Waals surface area contributed by atoms with E-state index in [1.165, 1.54) is 12.1 Å². The minimum Gasteiger partial charge on any atom is -0.508 e. The van der Waals surface area contributed by atoms with Crippen LogP contribution in [0.1, 0.15) is 18.1 Å². The summed E-state index contributed by atoms with van der Waals surface area (Å²) in [5.74, 6) is 0.678. The second-order valence-electron chi connectivity index (χ2n) is 7.10. The third-order valence-electron chi connectivity index (χ3n) is 4.62. The SMILES string of the molecule is CCSC1=CC(CNC(=O)[C@H](Cc2ccc(O)cc2)NC(=O)OCc2ccccc2)ON1. The molecule has 0 aliphatic carbocycles. The van der Waals surface area contributed by atoms with Crippen LogP contribution in [0.3, 0.4) is 0 Å². The molecule has 4 N–H and O–H groups in total. The third kappa shape index (κ3) is 7.51. The molecule has 0 bridgehead atoms. The molecule has 8 nitrogen and oxygen atoms in total. The Hall–Kier alpha value is -3.17. The van der Waals surface area contributed by atoms with Gasteiger partial charge in [-0.1, -0.05) is 49.4 Å². The van der Waals surface area contributed by atoms with E-state index < -0.39 is 12.1 Å². The monoisotopic (exact) mass is 457 g/mol. The molecule has 1 aliphatic heterocycles. The molecule has 0 radical (unpaired) electrons. The van der Waals surface area contributed by atoms with Crippen LogP contribution in [0, 0.1) is 0 Å². The van der Waals surface area contributed by atoms with Crippen molar-refractivity contribution >= 4 is 23.8 Å². The fourth-order valence-electron chi connectivity index (χ4n) is 3.01. The third-order valence-corrected chi connectivity index (χ3v) is 5.44. The maximum Gasteiger partial charge on any atom is 0.408 e. The first-order valence-corrected chi connectivity index (χ1v) is 11.3. The number of rotatable bonds is 10. The van der Waals surface area contributed by atoms with Crippen molar-refractivity contribution in [3.63, 3.8) is 0 Å². The first-order chi connectivity index (χ1) is 15.5. The molecule has 0 saturated carbocycles. The molecule has 2 aromatic rings. The Labute approximate surface area is 191 Å². The van der Waals surface area contributed by atoms with Crippen molar-refractivity contribution in [1.29, 1.82) is 0 Å². The number of aromatic hydroxyl groups is 1. The Morgan fingerprint density at radius 2 is 1.91 bits per heavy atom. The molecule has 0 spiro atoms. The lowest BCUT2D eigenvalue weighted by atomic mass is 10.1. The molecule has 0 saturated heterocycles. The molecule has 2 amide bonds. The smallest absolute Gasteiger partial charge is 0.408 e. The number of phenolic OH excluding ortho intramolecular Hbond substituents is 1. The summed E-state index contributed by atoms with van der Waals surface area (Å²) in [6.07, 6.45) is 1.16. The summed E-state index contributed by atoms with van der Waals surface area (Å²) in [6, 6.07) is 14.9. The van der Waals surface area contributed by atoms with Gasteiger partial charge < -0.3 is 20.5 Å². The van der Waals surface area contributed by atoms with Gasteiger partial charge in [-0.25, -0.2) is 4.79 Å². The highest BCUT2D eigenvalue weighted by Gasteiger charge is 2.24. The molecule has 32 heavy (non-hydrogen) atoms. The van der Waals surface area contributed by atoms with E-state index in [-0.39, 0.29) is 37.3 Å². The molecule has 9 heteroatoms. The summed E-state index contributed by atoms with van der Waals surface area (Å²) in [6.45, 7) is 2.40. The number of carbonyl (C=O) groups excluding carboxylic acids is 2. The second-order valence-corrected chi connectivity index (χ2v) is 8.40. The van der Waals surface area contributed by atoms with Gasteiger partial charge >= 0.3 is 6.09 Å². The standard InChI is InChI=1S/C23H27N3O5S/c1-2-32-21-13-19(31-26-21)14-24-22(28)20(12-16-8-10-18(27)11-9-16)25-23(29)30-15-17-6-4-3-5-7-17/h3-11,13,19-20,26-27H,2,12,14-15H2,1H3,(H,24,28)(H,25,29)/t19?,20-/m0/s1. The number of nitrogens with one attached hydrogen (secondary N) is 3. The predicted octanol–water partition coefficient (Wildman–Crippen LogP) is 2.84. The highest BCUT2D eigenvalue weighted by Crippen LogP contribution is 2.18. The van der Waals surface area contributed by atoms with Crippen molar-refractivity contribution < 1.29 is 24.3 Å². The zero-order valence-corrected chi connectivity index (χ0v) is 18.6. The first-order valence-electron chi connectivity index (χ1n) is 10.3. The zero-order valence-electron chi connectivity index (χ0n) is 17.7. The number of hydroxylamine groups is 1. The Balaban J connectivity index is 1.58. The molecule has 1 unspecified atom stereocenters. The van der Waals surface area contributed by atoms with Crippen LogP contribution < -0.4 is 16.1 Å². The van der Waals surface area contributed by atoms with E-state index in [1.807, 2.05) is 43.3 Å². The van der Waals surface area contributed by atoms with Crippen LogP contribution in [0.25, 0.3) is 0 Å². The number of benzene rings is 2. The molecular weight excluding hydrogens is 430 g/mol. The summed E-state index contributed by atoms with van der Waals surface area (Å²) in [5.41, 5.74) is 4.46. The van der Waals surface area contributed by atoms with Crippen LogP contribution in [-0.2, 0) is 27.4 Å². The normalized spacial score (nSPS) is 15.9. The van der Waals surface area contributed by atoms with Gasteiger partial charge in [-0.05, 0) is 35.1 Å². The Bertz CT molecular complexity index is 921. The van der Waals surface area contributed by atoms with Crippen LogP contribution in [0.5, 0.6) is 5.75 Å². The largest absolute Gasteiger partial charge is 0.508 e. The Morgan fingerprint density at radius 3 is 2.62 bits per heavy atom. The van der Waals surface area contributed by atoms with Crippen LogP contribution in [0.2, 0.25) is 0 Å². The minimum absolute atomic E-state index is 0.102. The molecule has 3 rings (SSSR count). The van der Waals surface area contributed by atoms with Crippen molar-refractivity contribution in [3.8, 4) is 5.75 Å². The Kier molecular flexibility index (Phi) is 8.82. The maximum absolute atomic E-state index is 12.9. The Morgan fingerprint density at radius 1 is 1.16 bits per heavy atom. The predicted molar refractivity (Wildman–Crippen MR) is 123 cm³/mol. The van der Waals surface area contributed by atoms with Gasteiger partial charge in [0.15, 0.2) is 0 Å². The average Bonchev–Trinajstić information content (AvgIpc) is 3.25. The molecule has 1 heterocycles. The number of thioether (sulfide) groups is 1. The number of amides is 2. The lowest BCUT2D eigenvalue weighted by molar-refractivity contribution is -0.123. The van der Waals surface area contributed by atoms with E-state index in [0.29, 0.717) is 0 Å². The van der Waals surface area contributed by atoms with E-state index in [2.05, 4.69) is 16.1 Å². The van der Waals surface area contributed by atoms with Gasteiger partial charge in [-0.15, -0.1) is 11.8 Å². The van der Waals surface area contributed by atoms with E-state index in [1.54, 1.807) is 23.9 Å². The molecule has 0 fully saturated rings.